The van der Waals surface area contributed by atoms with Gasteiger partial charge in [-0.25, -0.2) is 24.5 Å². The fraction of sp³-hybridized carbons (Fsp3) is 0.500. The minimum Gasteiger partial charge on any atom is -0.408 e. The van der Waals surface area contributed by atoms with Gasteiger partial charge in [0.05, 0.1) is 24.9 Å². The number of nitrogens with one attached hydrogen (secondary N) is 2. The molecule has 3 fully saturated rings. The van der Waals surface area contributed by atoms with Gasteiger partial charge >= 0.3 is 14.5 Å². The third-order valence-corrected chi connectivity index (χ3v) is 18.4. The van der Waals surface area contributed by atoms with E-state index in [9.17, 15) is 23.9 Å². The molecule has 4 unspecified atom stereocenters. The molecule has 7 heterocycles. The average Bonchev–Trinajstić information content (AvgIpc) is 3.94. The zero-order valence-electron chi connectivity index (χ0n) is 33.7. The van der Waals surface area contributed by atoms with Crippen LogP contribution in [0.5, 0.6) is 0 Å². The molecule has 0 spiro atoms. The number of phosphoric ester groups is 1. The van der Waals surface area contributed by atoms with Crippen LogP contribution in [0.4, 0.5) is 5.82 Å². The van der Waals surface area contributed by atoms with Crippen LogP contribution in [0.15, 0.2) is 60.0 Å². The Bertz CT molecular complexity index is 2590. The molecule has 3 aliphatic heterocycles. The number of carbonyl (C=O) groups is 1. The molecule has 3 aliphatic rings. The average molecular weight is 905 g/mol. The highest BCUT2D eigenvalue weighted by molar-refractivity contribution is 8.07. The summed E-state index contributed by atoms with van der Waals surface area (Å²) in [6.45, 7) is 8.28. The summed E-state index contributed by atoms with van der Waals surface area (Å²) < 4.78 is 60.8. The molecule has 1 aromatic carbocycles. The number of phosphoric acid groups is 1. The van der Waals surface area contributed by atoms with Crippen molar-refractivity contribution in [3.8, 4) is 0 Å². The van der Waals surface area contributed by atoms with E-state index in [0.717, 1.165) is 0 Å². The van der Waals surface area contributed by atoms with Crippen molar-refractivity contribution in [3.05, 3.63) is 77.0 Å². The lowest BCUT2D eigenvalue weighted by Gasteiger charge is -2.40. The first-order valence-electron chi connectivity index (χ1n) is 19.1. The van der Waals surface area contributed by atoms with E-state index in [1.165, 1.54) is 17.2 Å². The zero-order chi connectivity index (χ0) is 42.9. The number of ether oxygens (including phenoxy) is 2. The van der Waals surface area contributed by atoms with Gasteiger partial charge in [0, 0.05) is 17.7 Å². The van der Waals surface area contributed by atoms with Crippen LogP contribution in [0.2, 0.25) is 18.1 Å². The van der Waals surface area contributed by atoms with Crippen LogP contribution >= 0.6 is 14.5 Å². The van der Waals surface area contributed by atoms with E-state index in [1.54, 1.807) is 54.9 Å². The highest BCUT2D eigenvalue weighted by Crippen LogP contribution is 2.56. The Kier molecular flexibility index (Phi) is 11.4. The Labute approximate surface area is 349 Å². The Morgan fingerprint density at radius 1 is 0.983 bits per heavy atom. The summed E-state index contributed by atoms with van der Waals surface area (Å²) in [6.07, 6.45) is -3.31. The fourth-order valence-electron chi connectivity index (χ4n) is 7.31. The van der Waals surface area contributed by atoms with E-state index >= 15 is 0 Å². The molecule has 8 rings (SSSR count). The zero-order valence-corrected chi connectivity index (χ0v) is 37.3. The fourth-order valence-corrected chi connectivity index (χ4v) is 11.1. The number of amides is 1. The highest BCUT2D eigenvalue weighted by atomic mass is 32.5. The Morgan fingerprint density at radius 3 is 2.43 bits per heavy atom. The van der Waals surface area contributed by atoms with Crippen molar-refractivity contribution in [1.82, 2.24) is 34.1 Å². The van der Waals surface area contributed by atoms with Crippen molar-refractivity contribution in [2.24, 2.45) is 5.92 Å². The molecule has 0 aliphatic carbocycles. The molecule has 0 saturated carbocycles. The Morgan fingerprint density at radius 2 is 1.70 bits per heavy atom. The second-order valence-corrected chi connectivity index (χ2v) is 25.4. The van der Waals surface area contributed by atoms with Crippen LogP contribution < -0.4 is 10.9 Å². The van der Waals surface area contributed by atoms with Gasteiger partial charge in [-0.15, -0.1) is 0 Å². The maximum Gasteiger partial charge on any atom is 0.472 e. The number of H-pyrrole nitrogens is 1. The van der Waals surface area contributed by atoms with E-state index in [0.29, 0.717) is 22.4 Å². The predicted molar refractivity (Wildman–Crippen MR) is 222 cm³/mol. The lowest BCUT2D eigenvalue weighted by atomic mass is 10.0. The van der Waals surface area contributed by atoms with Gasteiger partial charge < -0.3 is 43.1 Å². The molecule has 60 heavy (non-hydrogen) atoms. The van der Waals surface area contributed by atoms with E-state index in [2.05, 4.69) is 30.2 Å². The summed E-state index contributed by atoms with van der Waals surface area (Å²) in [7, 11) is -7.59. The third-order valence-electron chi connectivity index (χ3n) is 11.4. The molecule has 3 saturated heterocycles. The van der Waals surface area contributed by atoms with Crippen molar-refractivity contribution in [1.29, 1.82) is 0 Å². The lowest BCUT2D eigenvalue weighted by molar-refractivity contribution is -0.0633. The smallest absolute Gasteiger partial charge is 0.408 e. The van der Waals surface area contributed by atoms with Crippen LogP contribution in [0.1, 0.15) is 56.3 Å². The highest BCUT2D eigenvalue weighted by Gasteiger charge is 2.55. The van der Waals surface area contributed by atoms with Gasteiger partial charge in [0.2, 0.25) is 0 Å². The number of hydrogen-bond donors (Lipinski definition) is 4. The van der Waals surface area contributed by atoms with Gasteiger partial charge in [-0.05, 0) is 55.1 Å². The van der Waals surface area contributed by atoms with Crippen molar-refractivity contribution in [3.63, 3.8) is 0 Å². The van der Waals surface area contributed by atoms with Gasteiger partial charge in [0.25, 0.3) is 11.5 Å². The molecule has 2 bridgehead atoms. The number of carbonyl (C=O) groups excluding carboxylic acids is 1. The molecule has 24 heteroatoms. The number of aromatic amines is 1. The molecule has 5 aromatic rings. The van der Waals surface area contributed by atoms with Crippen LogP contribution in [-0.2, 0) is 48.4 Å². The van der Waals surface area contributed by atoms with Gasteiger partial charge in [-0.2, -0.15) is 0 Å². The van der Waals surface area contributed by atoms with Crippen LogP contribution in [0.25, 0.3) is 22.2 Å². The second-order valence-electron chi connectivity index (χ2n) is 16.5. The minimum absolute atomic E-state index is 0.0232. The number of hydrogen-bond acceptors (Lipinski definition) is 15. The van der Waals surface area contributed by atoms with Crippen molar-refractivity contribution >= 4 is 68.6 Å². The SMILES string of the molecule is Cc1nc2c(ncn2[C@@H]2O[C@@H]3COP(=O)(O)OC4[C@@H](COP(O)(=S)OC2[C@H]3O[Si](C)(C)C(C)(C)C)O[C@@H](n2ccc3c(NC(=O)c5ccccc5)ncnc32)[C@H]4C)c(=O)[nH]1. The Hall–Kier alpha value is -3.60. The minimum atomic E-state index is -4.91. The van der Waals surface area contributed by atoms with Crippen molar-refractivity contribution < 1.29 is 51.1 Å². The maximum absolute atomic E-state index is 13.9. The van der Waals surface area contributed by atoms with Gasteiger partial charge in [-0.1, -0.05) is 45.9 Å². The number of fused-ring (bicyclic) bond motifs is 5. The summed E-state index contributed by atoms with van der Waals surface area (Å²) in [5.41, 5.74) is 0.532. The van der Waals surface area contributed by atoms with Gasteiger partial charge in [0.15, 0.2) is 25.7 Å². The molecule has 4 aromatic heterocycles. The molecule has 20 nitrogen and oxygen atoms in total. The number of aromatic nitrogens is 7. The largest absolute Gasteiger partial charge is 0.472 e. The second kappa shape index (κ2) is 15.9. The number of nitrogens with zero attached hydrogens (tertiary/aromatic N) is 6. The standard InChI is InChI=1S/C36H46N8O12P2SSi/c1-19-26-23(52-34(19)43-14-13-22-29(37-17-38-30(22)43)42-32(45)21-11-9-8-10-12-21)16-51-58(49,59)55-28-27(56-60(6,7)36(3,4)5)24(15-50-57(47,48)54-26)53-35(28)44-18-39-25-31(44)40-20(2)41-33(25)46/h8-14,17-19,23-24,26-28,34-35H,15-16H2,1-7H3,(H,47,48)(H,49,59)(H,40,41,46)(H,37,38,42,45)/t19-,23+,24+,26?,27-,28?,34+,35+,58?/m0/s1. The third kappa shape index (κ3) is 8.34. The number of rotatable bonds is 6. The summed E-state index contributed by atoms with van der Waals surface area (Å²) in [5, 5.41) is 3.01. The van der Waals surface area contributed by atoms with E-state index < -0.39 is 90.5 Å². The monoisotopic (exact) mass is 904 g/mol. The Balaban J connectivity index is 1.12. The molecule has 0 radical (unpaired) electrons. The van der Waals surface area contributed by atoms with Crippen LogP contribution in [-0.4, -0.2) is 102 Å². The van der Waals surface area contributed by atoms with Crippen LogP contribution in [0.3, 0.4) is 0 Å². The predicted octanol–water partition coefficient (Wildman–Crippen LogP) is 5.08. The summed E-state index contributed by atoms with van der Waals surface area (Å²) in [6, 6.07) is 10.4. The molecule has 4 N–H and O–H groups in total. The first-order valence-corrected chi connectivity index (χ1v) is 26.1. The van der Waals surface area contributed by atoms with Crippen molar-refractivity contribution in [2.75, 3.05) is 18.5 Å². The lowest BCUT2D eigenvalue weighted by Crippen LogP contribution is -2.50. The number of imidazole rings is 1. The quantitative estimate of drug-likeness (QED) is 0.128. The first-order chi connectivity index (χ1) is 28.2. The molecule has 10 atom stereocenters. The summed E-state index contributed by atoms with van der Waals surface area (Å²) in [5.74, 6) is -0.446. The van der Waals surface area contributed by atoms with E-state index in [1.807, 2.05) is 39.9 Å². The number of benzene rings is 1. The summed E-state index contributed by atoms with van der Waals surface area (Å²) >= 11 is 5.64. The number of anilines is 1. The number of aryl methyl sites for hydroxylation is 1. The molecule has 322 valence electrons. The van der Waals surface area contributed by atoms with Gasteiger partial charge in [-0.3, -0.25) is 27.7 Å². The first kappa shape index (κ1) is 43.1. The topological polar surface area (TPSA) is 246 Å². The van der Waals surface area contributed by atoms with Crippen LogP contribution in [0, 0.1) is 12.8 Å². The van der Waals surface area contributed by atoms with E-state index in [-0.39, 0.29) is 27.9 Å². The molecular formula is C36H46N8O12P2SSi. The normalized spacial score (nSPS) is 31.7. The van der Waals surface area contributed by atoms with Crippen molar-refractivity contribution in [2.45, 2.75) is 95.7 Å². The van der Waals surface area contributed by atoms with Gasteiger partial charge in [0.1, 0.15) is 60.4 Å². The molecule has 1 amide bonds. The molecular weight excluding hydrogens is 859 g/mol. The summed E-state index contributed by atoms with van der Waals surface area (Å²) in [4.78, 5) is 69.1. The van der Waals surface area contributed by atoms with E-state index in [4.69, 9.17) is 43.8 Å². The maximum atomic E-state index is 13.9.